The van der Waals surface area contributed by atoms with Gasteiger partial charge in [-0.3, -0.25) is 9.59 Å². The minimum atomic E-state index is -1.18. The molecule has 1 amide bonds. The number of amides is 1. The van der Waals surface area contributed by atoms with E-state index in [4.69, 9.17) is 0 Å². The van der Waals surface area contributed by atoms with Crippen molar-refractivity contribution in [3.8, 4) is 11.3 Å². The molecular formula is C28H27N3O2. The summed E-state index contributed by atoms with van der Waals surface area (Å²) in [4.78, 5) is 28.5. The molecule has 0 atom stereocenters. The van der Waals surface area contributed by atoms with Crippen molar-refractivity contribution in [1.29, 1.82) is 0 Å². The SMILES string of the molecule is CC(C)(C(=O)N(Cc1ccccc1)Cc1ccccc1)n1nc(-c2ccccc2)ccc1=O. The van der Waals surface area contributed by atoms with Gasteiger partial charge in [0.1, 0.15) is 5.54 Å². The van der Waals surface area contributed by atoms with E-state index in [1.54, 1.807) is 24.8 Å². The van der Waals surface area contributed by atoms with Gasteiger partial charge < -0.3 is 4.90 Å². The van der Waals surface area contributed by atoms with Crippen LogP contribution >= 0.6 is 0 Å². The second-order valence-corrected chi connectivity index (χ2v) is 8.53. The summed E-state index contributed by atoms with van der Waals surface area (Å²) in [6.45, 7) is 4.37. The molecule has 0 saturated heterocycles. The van der Waals surface area contributed by atoms with Gasteiger partial charge in [-0.15, -0.1) is 0 Å². The number of hydrogen-bond acceptors (Lipinski definition) is 3. The number of carbonyl (C=O) groups is 1. The van der Waals surface area contributed by atoms with Crippen LogP contribution in [0.25, 0.3) is 11.3 Å². The van der Waals surface area contributed by atoms with Crippen LogP contribution in [-0.2, 0) is 23.4 Å². The molecule has 0 aliphatic carbocycles. The standard InChI is InChI=1S/C28H27N3O2/c1-28(2,31-26(32)19-18-25(29-31)24-16-10-5-11-17-24)27(33)30(20-22-12-6-3-7-13-22)21-23-14-8-4-9-15-23/h3-19H,20-21H2,1-2H3. The molecule has 0 bridgehead atoms. The molecule has 0 fully saturated rings. The molecule has 0 saturated carbocycles. The lowest BCUT2D eigenvalue weighted by molar-refractivity contribution is -0.141. The Hall–Kier alpha value is -3.99. The Morgan fingerprint density at radius 3 is 1.76 bits per heavy atom. The van der Waals surface area contributed by atoms with Crippen LogP contribution in [0.5, 0.6) is 0 Å². The molecule has 166 valence electrons. The lowest BCUT2D eigenvalue weighted by Gasteiger charge is -2.33. The molecule has 1 aromatic heterocycles. The zero-order valence-corrected chi connectivity index (χ0v) is 18.9. The van der Waals surface area contributed by atoms with Crippen LogP contribution in [0.4, 0.5) is 0 Å². The molecule has 5 heteroatoms. The first-order valence-corrected chi connectivity index (χ1v) is 11.0. The Balaban J connectivity index is 1.70. The molecule has 0 spiro atoms. The number of nitrogens with zero attached hydrogens (tertiary/aromatic N) is 3. The molecule has 0 aliphatic rings. The minimum Gasteiger partial charge on any atom is -0.332 e. The Bertz CT molecular complexity index is 1230. The van der Waals surface area contributed by atoms with Gasteiger partial charge in [0.2, 0.25) is 0 Å². The first-order valence-electron chi connectivity index (χ1n) is 11.0. The van der Waals surface area contributed by atoms with Gasteiger partial charge in [-0.05, 0) is 31.0 Å². The van der Waals surface area contributed by atoms with Gasteiger partial charge in [-0.2, -0.15) is 5.10 Å². The zero-order chi connectivity index (χ0) is 23.3. The van der Waals surface area contributed by atoms with E-state index >= 15 is 0 Å². The lowest BCUT2D eigenvalue weighted by atomic mass is 10.0. The Kier molecular flexibility index (Phi) is 6.50. The number of benzene rings is 3. The largest absolute Gasteiger partial charge is 0.332 e. The molecule has 4 rings (SSSR count). The first-order chi connectivity index (χ1) is 15.9. The van der Waals surface area contributed by atoms with Gasteiger partial charge in [0, 0.05) is 24.7 Å². The lowest BCUT2D eigenvalue weighted by Crippen LogP contribution is -2.50. The second-order valence-electron chi connectivity index (χ2n) is 8.53. The fraction of sp³-hybridized carbons (Fsp3) is 0.179. The van der Waals surface area contributed by atoms with E-state index in [0.29, 0.717) is 18.8 Å². The quantitative estimate of drug-likeness (QED) is 0.414. The van der Waals surface area contributed by atoms with Crippen molar-refractivity contribution < 1.29 is 4.79 Å². The Labute approximate surface area is 193 Å². The Morgan fingerprint density at radius 1 is 0.758 bits per heavy atom. The normalized spacial score (nSPS) is 11.2. The predicted octanol–water partition coefficient (Wildman–Crippen LogP) is 4.87. The highest BCUT2D eigenvalue weighted by atomic mass is 16.2. The van der Waals surface area contributed by atoms with Crippen molar-refractivity contribution in [2.45, 2.75) is 32.5 Å². The van der Waals surface area contributed by atoms with Crippen LogP contribution < -0.4 is 5.56 Å². The molecule has 1 heterocycles. The average Bonchev–Trinajstić information content (AvgIpc) is 2.85. The Morgan fingerprint density at radius 2 is 1.24 bits per heavy atom. The van der Waals surface area contributed by atoms with E-state index < -0.39 is 5.54 Å². The summed E-state index contributed by atoms with van der Waals surface area (Å²) in [7, 11) is 0. The van der Waals surface area contributed by atoms with Crippen LogP contribution in [0.15, 0.2) is 108 Å². The molecule has 3 aromatic carbocycles. The third-order valence-electron chi connectivity index (χ3n) is 5.64. The maximum Gasteiger partial charge on any atom is 0.267 e. The van der Waals surface area contributed by atoms with Crippen molar-refractivity contribution in [3.63, 3.8) is 0 Å². The topological polar surface area (TPSA) is 55.2 Å². The van der Waals surface area contributed by atoms with Crippen LogP contribution in [0, 0.1) is 0 Å². The van der Waals surface area contributed by atoms with Gasteiger partial charge >= 0.3 is 0 Å². The highest BCUT2D eigenvalue weighted by Crippen LogP contribution is 2.22. The van der Waals surface area contributed by atoms with Gasteiger partial charge in [0.05, 0.1) is 5.69 Å². The number of aromatic nitrogens is 2. The van der Waals surface area contributed by atoms with Crippen LogP contribution in [-0.4, -0.2) is 20.6 Å². The summed E-state index contributed by atoms with van der Waals surface area (Å²) in [5, 5.41) is 4.59. The molecule has 0 N–H and O–H groups in total. The maximum atomic E-state index is 13.9. The summed E-state index contributed by atoms with van der Waals surface area (Å²) in [6.07, 6.45) is 0. The van der Waals surface area contributed by atoms with E-state index in [9.17, 15) is 9.59 Å². The predicted molar refractivity (Wildman–Crippen MR) is 130 cm³/mol. The third kappa shape index (κ3) is 5.09. The van der Waals surface area contributed by atoms with Crippen molar-refractivity contribution >= 4 is 5.91 Å². The van der Waals surface area contributed by atoms with Crippen molar-refractivity contribution in [2.75, 3.05) is 0 Å². The fourth-order valence-electron chi connectivity index (χ4n) is 3.86. The molecule has 33 heavy (non-hydrogen) atoms. The summed E-state index contributed by atoms with van der Waals surface area (Å²) >= 11 is 0. The molecule has 0 aliphatic heterocycles. The summed E-state index contributed by atoms with van der Waals surface area (Å²) in [5.41, 5.74) is 2.10. The van der Waals surface area contributed by atoms with Crippen molar-refractivity contribution in [3.05, 3.63) is 125 Å². The van der Waals surface area contributed by atoms with E-state index in [1.807, 2.05) is 91.0 Å². The molecule has 0 radical (unpaired) electrons. The van der Waals surface area contributed by atoms with Gasteiger partial charge in [-0.25, -0.2) is 4.68 Å². The first kappa shape index (κ1) is 22.2. The molecule has 4 aromatic rings. The maximum absolute atomic E-state index is 13.9. The van der Waals surface area contributed by atoms with Gasteiger partial charge in [0.15, 0.2) is 0 Å². The third-order valence-corrected chi connectivity index (χ3v) is 5.64. The van der Waals surface area contributed by atoms with Gasteiger partial charge in [0.25, 0.3) is 11.5 Å². The monoisotopic (exact) mass is 437 g/mol. The zero-order valence-electron chi connectivity index (χ0n) is 18.9. The number of carbonyl (C=O) groups excluding carboxylic acids is 1. The highest BCUT2D eigenvalue weighted by Gasteiger charge is 2.36. The number of hydrogen-bond donors (Lipinski definition) is 0. The molecule has 5 nitrogen and oxygen atoms in total. The second kappa shape index (κ2) is 9.65. The average molecular weight is 438 g/mol. The van der Waals surface area contributed by atoms with E-state index in [1.165, 1.54) is 10.7 Å². The number of rotatable bonds is 7. The van der Waals surface area contributed by atoms with Crippen LogP contribution in [0.1, 0.15) is 25.0 Å². The molecule has 0 unspecified atom stereocenters. The van der Waals surface area contributed by atoms with E-state index in [-0.39, 0.29) is 11.5 Å². The fourth-order valence-corrected chi connectivity index (χ4v) is 3.86. The van der Waals surface area contributed by atoms with Gasteiger partial charge in [-0.1, -0.05) is 91.0 Å². The van der Waals surface area contributed by atoms with Crippen molar-refractivity contribution in [1.82, 2.24) is 14.7 Å². The van der Waals surface area contributed by atoms with Crippen LogP contribution in [0.2, 0.25) is 0 Å². The van der Waals surface area contributed by atoms with Crippen LogP contribution in [0.3, 0.4) is 0 Å². The summed E-state index contributed by atoms with van der Waals surface area (Å²) < 4.78 is 1.31. The smallest absolute Gasteiger partial charge is 0.267 e. The summed E-state index contributed by atoms with van der Waals surface area (Å²) in [6, 6.07) is 32.5. The minimum absolute atomic E-state index is 0.171. The summed E-state index contributed by atoms with van der Waals surface area (Å²) in [5.74, 6) is -0.171. The molecular weight excluding hydrogens is 410 g/mol. The van der Waals surface area contributed by atoms with E-state index in [2.05, 4.69) is 5.10 Å². The van der Waals surface area contributed by atoms with Crippen molar-refractivity contribution in [2.24, 2.45) is 0 Å². The highest BCUT2D eigenvalue weighted by molar-refractivity contribution is 5.83. The van der Waals surface area contributed by atoms with E-state index in [0.717, 1.165) is 16.7 Å².